The molecule has 0 bridgehead atoms. The highest BCUT2D eigenvalue weighted by Crippen LogP contribution is 2.28. The molecular formula is C16H16N2O4S. The Morgan fingerprint density at radius 2 is 1.91 bits per heavy atom. The Bertz CT molecular complexity index is 841. The first-order valence-electron chi connectivity index (χ1n) is 6.84. The van der Waals surface area contributed by atoms with Crippen LogP contribution in [0.5, 0.6) is 11.5 Å². The van der Waals surface area contributed by atoms with Gasteiger partial charge >= 0.3 is 0 Å². The summed E-state index contributed by atoms with van der Waals surface area (Å²) in [6.45, 7) is 2.18. The van der Waals surface area contributed by atoms with Gasteiger partial charge in [-0.05, 0) is 37.3 Å². The molecule has 0 atom stereocenters. The van der Waals surface area contributed by atoms with Gasteiger partial charge in [0, 0.05) is 0 Å². The summed E-state index contributed by atoms with van der Waals surface area (Å²) in [5, 5.41) is 9.14. The highest BCUT2D eigenvalue weighted by molar-refractivity contribution is 7.92. The fourth-order valence-electron chi connectivity index (χ4n) is 1.98. The van der Waals surface area contributed by atoms with Gasteiger partial charge in [-0.2, -0.15) is 5.26 Å². The molecule has 120 valence electrons. The molecule has 0 amide bonds. The van der Waals surface area contributed by atoms with Gasteiger partial charge in [0.05, 0.1) is 29.9 Å². The summed E-state index contributed by atoms with van der Waals surface area (Å²) < 4.78 is 37.9. The van der Waals surface area contributed by atoms with Crippen LogP contribution in [-0.4, -0.2) is 22.1 Å². The van der Waals surface area contributed by atoms with Crippen molar-refractivity contribution in [1.29, 1.82) is 5.26 Å². The fraction of sp³-hybridized carbons (Fsp3) is 0.188. The van der Waals surface area contributed by atoms with Gasteiger partial charge in [-0.25, -0.2) is 8.42 Å². The van der Waals surface area contributed by atoms with Gasteiger partial charge in [0.2, 0.25) is 0 Å². The number of rotatable bonds is 6. The predicted molar refractivity (Wildman–Crippen MR) is 86.1 cm³/mol. The van der Waals surface area contributed by atoms with E-state index in [9.17, 15) is 8.42 Å². The summed E-state index contributed by atoms with van der Waals surface area (Å²) in [5.74, 6) is 0.758. The first kappa shape index (κ1) is 16.6. The van der Waals surface area contributed by atoms with Crippen molar-refractivity contribution in [2.24, 2.45) is 0 Å². The van der Waals surface area contributed by atoms with E-state index in [0.29, 0.717) is 23.8 Å². The molecule has 1 N–H and O–H groups in total. The number of ether oxygens (including phenoxy) is 2. The van der Waals surface area contributed by atoms with Crippen molar-refractivity contribution in [3.8, 4) is 17.6 Å². The Balaban J connectivity index is 2.38. The molecule has 2 aromatic rings. The Labute approximate surface area is 135 Å². The van der Waals surface area contributed by atoms with Gasteiger partial charge in [0.15, 0.2) is 0 Å². The molecule has 2 rings (SSSR count). The molecule has 6 nitrogen and oxygen atoms in total. The van der Waals surface area contributed by atoms with Crippen LogP contribution in [0.25, 0.3) is 0 Å². The molecule has 0 radical (unpaired) electrons. The molecule has 0 spiro atoms. The molecule has 0 heterocycles. The van der Waals surface area contributed by atoms with Crippen molar-refractivity contribution < 1.29 is 17.9 Å². The molecule has 2 aromatic carbocycles. The normalized spacial score (nSPS) is 10.7. The fourth-order valence-corrected chi connectivity index (χ4v) is 3.07. The van der Waals surface area contributed by atoms with E-state index in [1.807, 2.05) is 6.07 Å². The lowest BCUT2D eigenvalue weighted by molar-refractivity contribution is 0.339. The maximum atomic E-state index is 12.5. The Morgan fingerprint density at radius 3 is 2.57 bits per heavy atom. The van der Waals surface area contributed by atoms with Gasteiger partial charge in [-0.15, -0.1) is 0 Å². The minimum atomic E-state index is -3.85. The number of sulfonamides is 1. The lowest BCUT2D eigenvalue weighted by atomic mass is 10.2. The van der Waals surface area contributed by atoms with Crippen LogP contribution in [0.2, 0.25) is 0 Å². The van der Waals surface area contributed by atoms with Crippen LogP contribution in [0.3, 0.4) is 0 Å². The molecule has 0 aliphatic carbocycles. The van der Waals surface area contributed by atoms with Crippen molar-refractivity contribution >= 4 is 15.7 Å². The lowest BCUT2D eigenvalue weighted by Crippen LogP contribution is -2.14. The average molecular weight is 332 g/mol. The first-order chi connectivity index (χ1) is 11.0. The molecule has 0 saturated heterocycles. The summed E-state index contributed by atoms with van der Waals surface area (Å²) in [6, 6.07) is 12.8. The summed E-state index contributed by atoms with van der Waals surface area (Å²) in [4.78, 5) is -0.0246. The maximum Gasteiger partial charge on any atom is 0.262 e. The van der Waals surface area contributed by atoms with Crippen molar-refractivity contribution in [3.63, 3.8) is 0 Å². The van der Waals surface area contributed by atoms with Gasteiger partial charge < -0.3 is 9.47 Å². The highest BCUT2D eigenvalue weighted by atomic mass is 32.2. The molecule has 0 saturated carbocycles. The van der Waals surface area contributed by atoms with Crippen molar-refractivity contribution in [2.75, 3.05) is 18.4 Å². The van der Waals surface area contributed by atoms with Gasteiger partial charge in [0.1, 0.15) is 17.6 Å². The number of hydrogen-bond acceptors (Lipinski definition) is 5. The third-order valence-electron chi connectivity index (χ3n) is 3.03. The minimum Gasteiger partial charge on any atom is -0.495 e. The van der Waals surface area contributed by atoms with Crippen LogP contribution < -0.4 is 14.2 Å². The number of methoxy groups -OCH3 is 1. The van der Waals surface area contributed by atoms with Crippen molar-refractivity contribution in [1.82, 2.24) is 0 Å². The van der Waals surface area contributed by atoms with Gasteiger partial charge in [-0.1, -0.05) is 12.1 Å². The number of nitrogens with zero attached hydrogens (tertiary/aromatic N) is 1. The zero-order valence-corrected chi connectivity index (χ0v) is 13.6. The Kier molecular flexibility index (Phi) is 5.09. The predicted octanol–water partition coefficient (Wildman–Crippen LogP) is 2.77. The second-order valence-electron chi connectivity index (χ2n) is 4.51. The first-order valence-corrected chi connectivity index (χ1v) is 8.33. The van der Waals surface area contributed by atoms with Gasteiger partial charge in [-0.3, -0.25) is 4.72 Å². The maximum absolute atomic E-state index is 12.5. The van der Waals surface area contributed by atoms with E-state index in [0.717, 1.165) is 0 Å². The number of anilines is 1. The second-order valence-corrected chi connectivity index (χ2v) is 6.19. The summed E-state index contributed by atoms with van der Waals surface area (Å²) in [5.41, 5.74) is 0.483. The molecule has 0 fully saturated rings. The van der Waals surface area contributed by atoms with E-state index in [2.05, 4.69) is 4.72 Å². The summed E-state index contributed by atoms with van der Waals surface area (Å²) in [6.07, 6.45) is 0. The van der Waals surface area contributed by atoms with E-state index < -0.39 is 10.0 Å². The second kappa shape index (κ2) is 7.03. The number of benzene rings is 2. The summed E-state index contributed by atoms with van der Waals surface area (Å²) in [7, 11) is -2.39. The minimum absolute atomic E-state index is 0.0246. The van der Waals surface area contributed by atoms with E-state index in [4.69, 9.17) is 14.7 Å². The van der Waals surface area contributed by atoms with E-state index in [1.165, 1.54) is 25.3 Å². The standard InChI is InChI=1S/C16H16N2O4S/c1-3-22-15-9-8-13(10-12(15)11-17)23(19,20)18-14-6-4-5-7-16(14)21-2/h4-10,18H,3H2,1-2H3. The summed E-state index contributed by atoms with van der Waals surface area (Å²) >= 11 is 0. The monoisotopic (exact) mass is 332 g/mol. The van der Waals surface area contributed by atoms with E-state index in [1.54, 1.807) is 31.2 Å². The van der Waals surface area contributed by atoms with E-state index in [-0.39, 0.29) is 10.5 Å². The van der Waals surface area contributed by atoms with Crippen molar-refractivity contribution in [3.05, 3.63) is 48.0 Å². The van der Waals surface area contributed by atoms with Crippen LogP contribution in [0.4, 0.5) is 5.69 Å². The lowest BCUT2D eigenvalue weighted by Gasteiger charge is -2.12. The van der Waals surface area contributed by atoms with Crippen LogP contribution in [0.15, 0.2) is 47.4 Å². The molecule has 0 aromatic heterocycles. The zero-order chi connectivity index (χ0) is 16.9. The van der Waals surface area contributed by atoms with Crippen LogP contribution in [0, 0.1) is 11.3 Å². The molecule has 0 unspecified atom stereocenters. The van der Waals surface area contributed by atoms with Crippen molar-refractivity contribution in [2.45, 2.75) is 11.8 Å². The third-order valence-corrected chi connectivity index (χ3v) is 4.40. The topological polar surface area (TPSA) is 88.4 Å². The number of nitriles is 1. The molecule has 0 aliphatic heterocycles. The molecule has 7 heteroatoms. The third kappa shape index (κ3) is 3.73. The van der Waals surface area contributed by atoms with Crippen LogP contribution in [0.1, 0.15) is 12.5 Å². The SMILES string of the molecule is CCOc1ccc(S(=O)(=O)Nc2ccccc2OC)cc1C#N. The Hall–Kier alpha value is -2.72. The molecule has 23 heavy (non-hydrogen) atoms. The van der Waals surface area contributed by atoms with Crippen LogP contribution >= 0.6 is 0 Å². The Morgan fingerprint density at radius 1 is 1.17 bits per heavy atom. The van der Waals surface area contributed by atoms with Crippen LogP contribution in [-0.2, 0) is 10.0 Å². The number of nitrogens with one attached hydrogen (secondary N) is 1. The van der Waals surface area contributed by atoms with Gasteiger partial charge in [0.25, 0.3) is 10.0 Å². The van der Waals surface area contributed by atoms with E-state index >= 15 is 0 Å². The quantitative estimate of drug-likeness (QED) is 0.878. The number of para-hydroxylation sites is 2. The zero-order valence-electron chi connectivity index (χ0n) is 12.7. The average Bonchev–Trinajstić information content (AvgIpc) is 2.55. The molecular weight excluding hydrogens is 316 g/mol. The molecule has 0 aliphatic rings. The highest BCUT2D eigenvalue weighted by Gasteiger charge is 2.18. The number of hydrogen-bond donors (Lipinski definition) is 1. The largest absolute Gasteiger partial charge is 0.495 e. The smallest absolute Gasteiger partial charge is 0.262 e.